The normalized spacial score (nSPS) is 15.1. The fourth-order valence-corrected chi connectivity index (χ4v) is 5.03. The first-order valence-electron chi connectivity index (χ1n) is 9.40. The van der Waals surface area contributed by atoms with Crippen LogP contribution in [0.2, 0.25) is 5.02 Å². The van der Waals surface area contributed by atoms with Crippen molar-refractivity contribution in [2.24, 2.45) is 0 Å². The molecule has 3 aromatic rings. The molecule has 0 spiro atoms. The number of benzene rings is 2. The molecule has 0 atom stereocenters. The van der Waals surface area contributed by atoms with Gasteiger partial charge in [-0.25, -0.2) is 8.78 Å². The van der Waals surface area contributed by atoms with Crippen LogP contribution in [0.25, 0.3) is 11.4 Å². The van der Waals surface area contributed by atoms with Crippen LogP contribution >= 0.6 is 23.4 Å². The lowest BCUT2D eigenvalue weighted by Crippen LogP contribution is -2.15. The van der Waals surface area contributed by atoms with Crippen molar-refractivity contribution in [1.82, 2.24) is 14.8 Å². The molecule has 0 radical (unpaired) electrons. The summed E-state index contributed by atoms with van der Waals surface area (Å²) in [4.78, 5) is 0. The molecule has 0 saturated heterocycles. The van der Waals surface area contributed by atoms with Gasteiger partial charge in [-0.15, -0.1) is 10.2 Å². The summed E-state index contributed by atoms with van der Waals surface area (Å²) in [6.07, 6.45) is 5.48. The Kier molecular flexibility index (Phi) is 5.97. The number of halogens is 3. The van der Waals surface area contributed by atoms with Crippen LogP contribution < -0.4 is 0 Å². The Morgan fingerprint density at radius 2 is 1.71 bits per heavy atom. The average Bonchev–Trinajstić information content (AvgIpc) is 3.12. The number of aromatic nitrogens is 3. The summed E-state index contributed by atoms with van der Waals surface area (Å²) in [6.45, 7) is 0. The predicted octanol–water partition coefficient (Wildman–Crippen LogP) is 6.67. The van der Waals surface area contributed by atoms with E-state index in [0.717, 1.165) is 25.7 Å². The quantitative estimate of drug-likeness (QED) is 0.432. The first-order valence-corrected chi connectivity index (χ1v) is 10.8. The SMILES string of the molecule is Fc1ccccc1-c1nnc(SCc2c(F)cccc2Cl)n1C1CCCCC1. The fraction of sp³-hybridized carbons (Fsp3) is 0.333. The van der Waals surface area contributed by atoms with Gasteiger partial charge < -0.3 is 0 Å². The summed E-state index contributed by atoms with van der Waals surface area (Å²) in [6, 6.07) is 11.5. The maximum absolute atomic E-state index is 14.4. The highest BCUT2D eigenvalue weighted by molar-refractivity contribution is 7.98. The number of hydrogen-bond acceptors (Lipinski definition) is 3. The molecule has 7 heteroatoms. The lowest BCUT2D eigenvalue weighted by molar-refractivity contribution is 0.339. The molecule has 0 unspecified atom stereocenters. The van der Waals surface area contributed by atoms with E-state index in [1.54, 1.807) is 30.3 Å². The molecular weight excluding hydrogens is 400 g/mol. The van der Waals surface area contributed by atoms with Crippen molar-refractivity contribution >= 4 is 23.4 Å². The predicted molar refractivity (Wildman–Crippen MR) is 109 cm³/mol. The van der Waals surface area contributed by atoms with Crippen LogP contribution in [0.4, 0.5) is 8.78 Å². The number of rotatable bonds is 5. The highest BCUT2D eigenvalue weighted by Gasteiger charge is 2.25. The minimum Gasteiger partial charge on any atom is -0.299 e. The van der Waals surface area contributed by atoms with Crippen LogP contribution in [-0.4, -0.2) is 14.8 Å². The van der Waals surface area contributed by atoms with Gasteiger partial charge in [0.05, 0.1) is 5.56 Å². The van der Waals surface area contributed by atoms with Crippen molar-refractivity contribution < 1.29 is 8.78 Å². The van der Waals surface area contributed by atoms with Gasteiger partial charge in [0.25, 0.3) is 0 Å². The second-order valence-corrected chi connectivity index (χ2v) is 8.29. The van der Waals surface area contributed by atoms with E-state index >= 15 is 0 Å². The number of hydrogen-bond donors (Lipinski definition) is 0. The van der Waals surface area contributed by atoms with E-state index in [1.165, 1.54) is 30.3 Å². The average molecular weight is 420 g/mol. The van der Waals surface area contributed by atoms with E-state index in [-0.39, 0.29) is 17.7 Å². The smallest absolute Gasteiger partial charge is 0.192 e. The molecule has 4 rings (SSSR count). The van der Waals surface area contributed by atoms with Crippen LogP contribution in [0.3, 0.4) is 0 Å². The van der Waals surface area contributed by atoms with E-state index in [0.29, 0.717) is 32.9 Å². The van der Waals surface area contributed by atoms with E-state index in [2.05, 4.69) is 10.2 Å². The summed E-state index contributed by atoms with van der Waals surface area (Å²) in [5.74, 6) is 0.221. The van der Waals surface area contributed by atoms with Gasteiger partial charge >= 0.3 is 0 Å². The summed E-state index contributed by atoms with van der Waals surface area (Å²) < 4.78 is 30.6. The third kappa shape index (κ3) is 3.94. The second-order valence-electron chi connectivity index (χ2n) is 6.94. The van der Waals surface area contributed by atoms with Crippen LogP contribution in [0, 0.1) is 11.6 Å². The zero-order valence-corrected chi connectivity index (χ0v) is 16.8. The third-order valence-electron chi connectivity index (χ3n) is 5.13. The Balaban J connectivity index is 1.70. The lowest BCUT2D eigenvalue weighted by Gasteiger charge is -2.25. The molecule has 1 heterocycles. The molecule has 1 fully saturated rings. The van der Waals surface area contributed by atoms with Crippen LogP contribution in [0.1, 0.15) is 43.7 Å². The first-order chi connectivity index (χ1) is 13.6. The molecule has 1 aliphatic rings. The van der Waals surface area contributed by atoms with Crippen molar-refractivity contribution in [2.75, 3.05) is 0 Å². The molecule has 1 aliphatic carbocycles. The summed E-state index contributed by atoms with van der Waals surface area (Å²) in [5, 5.41) is 9.70. The first kappa shape index (κ1) is 19.4. The lowest BCUT2D eigenvalue weighted by atomic mass is 9.95. The van der Waals surface area contributed by atoms with E-state index in [1.807, 2.05) is 4.57 Å². The second kappa shape index (κ2) is 8.62. The Labute approximate surface area is 172 Å². The van der Waals surface area contributed by atoms with Gasteiger partial charge in [-0.05, 0) is 37.1 Å². The van der Waals surface area contributed by atoms with Crippen molar-refractivity contribution in [3.63, 3.8) is 0 Å². The largest absolute Gasteiger partial charge is 0.299 e. The van der Waals surface area contributed by atoms with Gasteiger partial charge in [-0.1, -0.05) is 60.8 Å². The molecule has 146 valence electrons. The molecule has 3 nitrogen and oxygen atoms in total. The molecular formula is C21H20ClF2N3S. The highest BCUT2D eigenvalue weighted by Crippen LogP contribution is 2.37. The third-order valence-corrected chi connectivity index (χ3v) is 6.45. The van der Waals surface area contributed by atoms with Gasteiger partial charge in [-0.2, -0.15) is 0 Å². The van der Waals surface area contributed by atoms with Crippen molar-refractivity contribution in [3.05, 3.63) is 64.7 Å². The Morgan fingerprint density at radius 1 is 0.964 bits per heavy atom. The highest BCUT2D eigenvalue weighted by atomic mass is 35.5. The molecule has 0 N–H and O–H groups in total. The van der Waals surface area contributed by atoms with Crippen LogP contribution in [-0.2, 0) is 5.75 Å². The summed E-state index contributed by atoms with van der Waals surface area (Å²) in [7, 11) is 0. The fourth-order valence-electron chi connectivity index (χ4n) is 3.68. The Morgan fingerprint density at radius 3 is 2.46 bits per heavy atom. The molecule has 0 bridgehead atoms. The zero-order chi connectivity index (χ0) is 19.5. The van der Waals surface area contributed by atoms with Gasteiger partial charge in [0.1, 0.15) is 11.6 Å². The monoisotopic (exact) mass is 419 g/mol. The van der Waals surface area contributed by atoms with Gasteiger partial charge in [0.2, 0.25) is 0 Å². The minimum absolute atomic E-state index is 0.219. The van der Waals surface area contributed by atoms with E-state index in [9.17, 15) is 8.78 Å². The number of thioether (sulfide) groups is 1. The molecule has 2 aromatic carbocycles. The molecule has 0 amide bonds. The van der Waals surface area contributed by atoms with Crippen LogP contribution in [0.15, 0.2) is 47.6 Å². The molecule has 0 aliphatic heterocycles. The van der Waals surface area contributed by atoms with Crippen molar-refractivity contribution in [1.29, 1.82) is 0 Å². The zero-order valence-electron chi connectivity index (χ0n) is 15.2. The summed E-state index contributed by atoms with van der Waals surface area (Å²) in [5.41, 5.74) is 0.885. The Hall–Kier alpha value is -1.92. The standard InChI is InChI=1S/C21H20ClF2N3S/c22-17-10-6-12-19(24)16(17)13-28-21-26-25-20(15-9-4-5-11-18(15)23)27(21)14-7-2-1-3-8-14/h4-6,9-12,14H,1-3,7-8,13H2. The molecule has 1 saturated carbocycles. The minimum atomic E-state index is -0.335. The van der Waals surface area contributed by atoms with Crippen LogP contribution in [0.5, 0.6) is 0 Å². The number of nitrogens with zero attached hydrogens (tertiary/aromatic N) is 3. The van der Waals surface area contributed by atoms with Crippen molar-refractivity contribution in [3.8, 4) is 11.4 Å². The van der Waals surface area contributed by atoms with Gasteiger partial charge in [0.15, 0.2) is 11.0 Å². The molecule has 28 heavy (non-hydrogen) atoms. The van der Waals surface area contributed by atoms with E-state index < -0.39 is 0 Å². The topological polar surface area (TPSA) is 30.7 Å². The maximum atomic E-state index is 14.4. The maximum Gasteiger partial charge on any atom is 0.192 e. The molecule has 1 aromatic heterocycles. The summed E-state index contributed by atoms with van der Waals surface area (Å²) >= 11 is 7.55. The van der Waals surface area contributed by atoms with Gasteiger partial charge in [-0.3, -0.25) is 4.57 Å². The van der Waals surface area contributed by atoms with Gasteiger partial charge in [0, 0.05) is 22.4 Å². The van der Waals surface area contributed by atoms with E-state index in [4.69, 9.17) is 11.6 Å². The van der Waals surface area contributed by atoms with Crippen molar-refractivity contribution in [2.45, 2.75) is 49.1 Å². The Bertz CT molecular complexity index is 950.